The van der Waals surface area contributed by atoms with Crippen LogP contribution in [-0.2, 0) is 0 Å². The molecule has 24 heavy (non-hydrogen) atoms. The van der Waals surface area contributed by atoms with Gasteiger partial charge in [0.25, 0.3) is 5.91 Å². The van der Waals surface area contributed by atoms with Crippen molar-refractivity contribution in [2.24, 2.45) is 0 Å². The van der Waals surface area contributed by atoms with Crippen LogP contribution >= 0.6 is 0 Å². The molecule has 1 saturated heterocycles. The quantitative estimate of drug-likeness (QED) is 0.848. The standard InChI is InChI=1S/C20H26N2O.ClH/c1-19(2)12-15(13-20(3,4)22-19)21-18(23)17-11-7-9-14-8-5-6-10-16(14)17;/h5-11,15,22H,12-13H2,1-4H3,(H,21,23);1H/p-1. The summed E-state index contributed by atoms with van der Waals surface area (Å²) < 4.78 is 0. The highest BCUT2D eigenvalue weighted by Gasteiger charge is 2.38. The van der Waals surface area contributed by atoms with E-state index in [1.54, 1.807) is 0 Å². The maximum Gasteiger partial charge on any atom is 0.252 e. The molecule has 130 valence electrons. The molecule has 0 spiro atoms. The van der Waals surface area contributed by atoms with E-state index in [-0.39, 0.29) is 35.4 Å². The normalized spacial score (nSPS) is 19.5. The van der Waals surface area contributed by atoms with Crippen molar-refractivity contribution in [2.45, 2.75) is 57.7 Å². The van der Waals surface area contributed by atoms with Gasteiger partial charge in [0.15, 0.2) is 0 Å². The van der Waals surface area contributed by atoms with Gasteiger partial charge in [0.2, 0.25) is 0 Å². The first-order valence-electron chi connectivity index (χ1n) is 8.34. The van der Waals surface area contributed by atoms with Gasteiger partial charge in [-0.25, -0.2) is 0 Å². The van der Waals surface area contributed by atoms with E-state index in [2.05, 4.69) is 38.3 Å². The molecule has 1 amide bonds. The minimum Gasteiger partial charge on any atom is -1.00 e. The Hall–Kier alpha value is -1.58. The predicted molar refractivity (Wildman–Crippen MR) is 95.7 cm³/mol. The van der Waals surface area contributed by atoms with Crippen LogP contribution in [0.4, 0.5) is 0 Å². The second-order valence-electron chi connectivity index (χ2n) is 8.00. The van der Waals surface area contributed by atoms with Gasteiger partial charge < -0.3 is 23.0 Å². The van der Waals surface area contributed by atoms with Gasteiger partial charge in [0.1, 0.15) is 0 Å². The number of fused-ring (bicyclic) bond motifs is 1. The first-order chi connectivity index (χ1) is 10.8. The molecule has 0 aliphatic carbocycles. The molecule has 0 atom stereocenters. The predicted octanol–water partition coefficient (Wildman–Crippen LogP) is 0.883. The summed E-state index contributed by atoms with van der Waals surface area (Å²) in [6.45, 7) is 8.80. The zero-order valence-corrected chi connectivity index (χ0v) is 15.6. The first-order valence-corrected chi connectivity index (χ1v) is 8.34. The number of hydrogen-bond acceptors (Lipinski definition) is 2. The van der Waals surface area contributed by atoms with E-state index >= 15 is 0 Å². The van der Waals surface area contributed by atoms with E-state index < -0.39 is 0 Å². The SMILES string of the molecule is CC1(C)CC(NC(=O)c2cccc3ccccc23)CC(C)(C)N1.[Cl-]. The zero-order valence-electron chi connectivity index (χ0n) is 14.8. The molecular formula is C20H26ClN2O-. The number of benzene rings is 2. The summed E-state index contributed by atoms with van der Waals surface area (Å²) >= 11 is 0. The zero-order chi connectivity index (χ0) is 16.7. The number of carbonyl (C=O) groups is 1. The van der Waals surface area contributed by atoms with Crippen LogP contribution < -0.4 is 23.0 Å². The Morgan fingerprint density at radius 2 is 1.58 bits per heavy atom. The van der Waals surface area contributed by atoms with Crippen molar-refractivity contribution in [1.29, 1.82) is 0 Å². The summed E-state index contributed by atoms with van der Waals surface area (Å²) in [6.07, 6.45) is 1.87. The van der Waals surface area contributed by atoms with Crippen LogP contribution in [0.3, 0.4) is 0 Å². The van der Waals surface area contributed by atoms with Crippen molar-refractivity contribution in [3.63, 3.8) is 0 Å². The third kappa shape index (κ3) is 4.08. The van der Waals surface area contributed by atoms with E-state index in [9.17, 15) is 4.79 Å². The van der Waals surface area contributed by atoms with Crippen molar-refractivity contribution >= 4 is 16.7 Å². The van der Waals surface area contributed by atoms with Crippen molar-refractivity contribution in [2.75, 3.05) is 0 Å². The van der Waals surface area contributed by atoms with Crippen LogP contribution in [0.1, 0.15) is 50.9 Å². The second kappa shape index (κ2) is 6.73. The number of halogens is 1. The number of nitrogens with one attached hydrogen (secondary N) is 2. The summed E-state index contributed by atoms with van der Waals surface area (Å²) in [6, 6.07) is 14.1. The largest absolute Gasteiger partial charge is 1.00 e. The fraction of sp³-hybridized carbons (Fsp3) is 0.450. The Morgan fingerprint density at radius 3 is 2.25 bits per heavy atom. The Kier molecular flexibility index (Phi) is 5.26. The molecular weight excluding hydrogens is 320 g/mol. The average Bonchev–Trinajstić information content (AvgIpc) is 2.43. The van der Waals surface area contributed by atoms with Crippen molar-refractivity contribution in [3.05, 3.63) is 48.0 Å². The lowest BCUT2D eigenvalue weighted by atomic mass is 9.79. The molecule has 0 aromatic heterocycles. The Balaban J connectivity index is 0.00000208. The summed E-state index contributed by atoms with van der Waals surface area (Å²) in [4.78, 5) is 12.8. The molecule has 3 rings (SSSR count). The number of piperidine rings is 1. The molecule has 1 aliphatic rings. The maximum atomic E-state index is 12.8. The second-order valence-corrected chi connectivity index (χ2v) is 8.00. The van der Waals surface area contributed by atoms with Gasteiger partial charge in [-0.1, -0.05) is 36.4 Å². The number of rotatable bonds is 2. The van der Waals surface area contributed by atoms with Crippen molar-refractivity contribution < 1.29 is 17.2 Å². The molecule has 2 aromatic rings. The third-order valence-electron chi connectivity index (χ3n) is 4.56. The average molecular weight is 346 g/mol. The lowest BCUT2D eigenvalue weighted by Gasteiger charge is -2.46. The van der Waals surface area contributed by atoms with Gasteiger partial charge in [0, 0.05) is 22.7 Å². The molecule has 0 radical (unpaired) electrons. The highest BCUT2D eigenvalue weighted by Crippen LogP contribution is 2.29. The number of carbonyl (C=O) groups excluding carboxylic acids is 1. The molecule has 1 heterocycles. The minimum atomic E-state index is 0. The fourth-order valence-corrected chi connectivity index (χ4v) is 4.11. The Labute approximate surface area is 150 Å². The summed E-state index contributed by atoms with van der Waals surface area (Å²) in [5, 5.41) is 9.03. The third-order valence-corrected chi connectivity index (χ3v) is 4.56. The van der Waals surface area contributed by atoms with E-state index in [1.807, 2.05) is 42.5 Å². The van der Waals surface area contributed by atoms with E-state index in [4.69, 9.17) is 0 Å². The monoisotopic (exact) mass is 345 g/mol. The highest BCUT2D eigenvalue weighted by atomic mass is 35.5. The number of amides is 1. The lowest BCUT2D eigenvalue weighted by molar-refractivity contribution is -0.0000188. The van der Waals surface area contributed by atoms with Gasteiger partial charge >= 0.3 is 0 Å². The molecule has 4 heteroatoms. The molecule has 0 unspecified atom stereocenters. The van der Waals surface area contributed by atoms with Crippen LogP contribution in [0.25, 0.3) is 10.8 Å². The maximum absolute atomic E-state index is 12.8. The van der Waals surface area contributed by atoms with E-state index in [1.165, 1.54) is 0 Å². The van der Waals surface area contributed by atoms with Gasteiger partial charge in [-0.2, -0.15) is 0 Å². The van der Waals surface area contributed by atoms with Crippen molar-refractivity contribution in [3.8, 4) is 0 Å². The summed E-state index contributed by atoms with van der Waals surface area (Å²) in [7, 11) is 0. The summed E-state index contributed by atoms with van der Waals surface area (Å²) in [5.41, 5.74) is 0.814. The van der Waals surface area contributed by atoms with Crippen LogP contribution in [0.15, 0.2) is 42.5 Å². The van der Waals surface area contributed by atoms with E-state index in [0.717, 1.165) is 29.2 Å². The molecule has 1 aliphatic heterocycles. The van der Waals surface area contributed by atoms with Gasteiger partial charge in [-0.05, 0) is 57.4 Å². The topological polar surface area (TPSA) is 41.1 Å². The molecule has 1 fully saturated rings. The van der Waals surface area contributed by atoms with Gasteiger partial charge in [-0.15, -0.1) is 0 Å². The van der Waals surface area contributed by atoms with Crippen LogP contribution in [0.2, 0.25) is 0 Å². The highest BCUT2D eigenvalue weighted by molar-refractivity contribution is 6.07. The lowest BCUT2D eigenvalue weighted by Crippen LogP contribution is -3.00. The number of hydrogen-bond donors (Lipinski definition) is 2. The van der Waals surface area contributed by atoms with Gasteiger partial charge in [0.05, 0.1) is 0 Å². The fourth-order valence-electron chi connectivity index (χ4n) is 4.11. The molecule has 2 aromatic carbocycles. The van der Waals surface area contributed by atoms with Crippen LogP contribution in [-0.4, -0.2) is 23.0 Å². The molecule has 3 nitrogen and oxygen atoms in total. The molecule has 0 bridgehead atoms. The van der Waals surface area contributed by atoms with Crippen molar-refractivity contribution in [1.82, 2.24) is 10.6 Å². The molecule has 2 N–H and O–H groups in total. The summed E-state index contributed by atoms with van der Waals surface area (Å²) in [5.74, 6) is 0.0281. The molecule has 0 saturated carbocycles. The van der Waals surface area contributed by atoms with Gasteiger partial charge in [-0.3, -0.25) is 4.79 Å². The Bertz CT molecular complexity index is 718. The smallest absolute Gasteiger partial charge is 0.252 e. The minimum absolute atomic E-state index is 0. The first kappa shape index (κ1) is 18.8. The van der Waals surface area contributed by atoms with Crippen LogP contribution in [0, 0.1) is 0 Å². The Morgan fingerprint density at radius 1 is 1.00 bits per heavy atom. The van der Waals surface area contributed by atoms with E-state index in [0.29, 0.717) is 0 Å². The van der Waals surface area contributed by atoms with Crippen LogP contribution in [0.5, 0.6) is 0 Å².